The van der Waals surface area contributed by atoms with E-state index >= 15 is 0 Å². The normalized spacial score (nSPS) is 17.5. The van der Waals surface area contributed by atoms with Crippen LogP contribution in [0.2, 0.25) is 0 Å². The molecule has 0 fully saturated rings. The highest BCUT2D eigenvalue weighted by molar-refractivity contribution is 6.27. The van der Waals surface area contributed by atoms with Gasteiger partial charge in [-0.25, -0.2) is 29.9 Å². The van der Waals surface area contributed by atoms with Gasteiger partial charge in [-0.3, -0.25) is 4.99 Å². The standard InChI is InChI=1S/C74H48N10/c1-35-41-19-11-23-45-53-31-27-49-67(75-53)68-50(28-32-54(76-68)46-24-12-20-42-36(2)60(80-64(42)46)57(59(35)79-63(41)45)39-15-7-5-8-16-39)72-71(49)83-73-51-29-33-55-47-25-13-21-43-37(3)61(81-65(43)47)58(40-17-9-6-10-18-40)62-38(4)44-22-14-26-48(66(44)82-62)56-34-30-52(74(73)84-72)70(78-56)69(51)77-55/h5-34,57,59,65,80-82H,1-4H3. The van der Waals surface area contributed by atoms with Gasteiger partial charge in [0, 0.05) is 76.8 Å². The van der Waals surface area contributed by atoms with E-state index in [9.17, 15) is 0 Å². The van der Waals surface area contributed by atoms with E-state index in [2.05, 4.69) is 225 Å². The van der Waals surface area contributed by atoms with Crippen LogP contribution in [-0.4, -0.2) is 52.0 Å². The molecule has 0 amide bonds. The van der Waals surface area contributed by atoms with Crippen LogP contribution in [0.15, 0.2) is 204 Å². The molecule has 3 N–H and O–H groups in total. The molecule has 0 saturated heterocycles. The average molecular weight is 1080 g/mol. The molecule has 0 spiro atoms. The lowest BCUT2D eigenvalue weighted by Gasteiger charge is -2.24. The molecule has 7 aromatic carbocycles. The Morgan fingerprint density at radius 3 is 1.60 bits per heavy atom. The van der Waals surface area contributed by atoms with E-state index in [1.807, 2.05) is 0 Å². The SMILES string of the molecule is CC1=C2C=CC=C3c4ccc5c(n4)c4nc(ccc4c4nc6c7ccc8nc7c7nc(ccc7c6nc54)-c4cccc5c4=NC(C=5C)C(c4ccccc4)c4[nH]c5c-8cccc5c4C)-c4cccc5c(C)c([nH]c45)C(c4ccccc4)=C1NC32. The summed E-state index contributed by atoms with van der Waals surface area (Å²) in [6, 6.07) is 58.2. The number of para-hydroxylation sites is 3. The van der Waals surface area contributed by atoms with Crippen LogP contribution < -0.4 is 15.9 Å². The van der Waals surface area contributed by atoms with E-state index in [4.69, 9.17) is 34.9 Å². The second kappa shape index (κ2) is 16.5. The Morgan fingerprint density at radius 2 is 0.964 bits per heavy atom. The number of allylic oxidation sites excluding steroid dienone is 3. The van der Waals surface area contributed by atoms with Crippen molar-refractivity contribution < 1.29 is 0 Å². The molecule has 11 heterocycles. The molecule has 0 radical (unpaired) electrons. The number of benzene rings is 7. The predicted octanol–water partition coefficient (Wildman–Crippen LogP) is 14.9. The van der Waals surface area contributed by atoms with Crippen molar-refractivity contribution in [1.29, 1.82) is 0 Å². The minimum Gasteiger partial charge on any atom is -0.373 e. The minimum atomic E-state index is -0.149. The van der Waals surface area contributed by atoms with Crippen molar-refractivity contribution in [1.82, 2.24) is 45.2 Å². The monoisotopic (exact) mass is 1080 g/mol. The maximum absolute atomic E-state index is 5.78. The van der Waals surface area contributed by atoms with Crippen molar-refractivity contribution in [2.24, 2.45) is 4.99 Å². The van der Waals surface area contributed by atoms with E-state index in [1.165, 1.54) is 33.4 Å². The summed E-state index contributed by atoms with van der Waals surface area (Å²) in [5.41, 5.74) is 28.4. The van der Waals surface area contributed by atoms with E-state index < -0.39 is 0 Å². The molecule has 14 aromatic rings. The number of hydrogen-bond acceptors (Lipinski definition) is 8. The molecule has 1 aliphatic carbocycles. The first-order valence-corrected chi connectivity index (χ1v) is 28.9. The number of aromatic nitrogens is 8. The molecule has 5 aliphatic rings. The fourth-order valence-corrected chi connectivity index (χ4v) is 14.9. The second-order valence-corrected chi connectivity index (χ2v) is 23.3. The van der Waals surface area contributed by atoms with Crippen LogP contribution in [-0.2, 0) is 0 Å². The summed E-state index contributed by atoms with van der Waals surface area (Å²) in [5, 5.41) is 11.9. The summed E-state index contributed by atoms with van der Waals surface area (Å²) in [6.45, 7) is 8.98. The minimum absolute atomic E-state index is 0.0672. The highest BCUT2D eigenvalue weighted by Gasteiger charge is 2.36. The Bertz CT molecular complexity index is 5700. The van der Waals surface area contributed by atoms with Gasteiger partial charge in [0.1, 0.15) is 0 Å². The molecule has 10 nitrogen and oxygen atoms in total. The fourth-order valence-electron chi connectivity index (χ4n) is 14.9. The van der Waals surface area contributed by atoms with Crippen LogP contribution in [0, 0.1) is 13.8 Å². The van der Waals surface area contributed by atoms with Crippen LogP contribution >= 0.6 is 0 Å². The third kappa shape index (κ3) is 6.05. The zero-order valence-corrected chi connectivity index (χ0v) is 46.2. The number of nitrogens with one attached hydrogen (secondary N) is 3. The smallest absolute Gasteiger partial charge is 0.0996 e. The molecular weight excluding hydrogens is 1030 g/mol. The molecule has 394 valence electrons. The first kappa shape index (κ1) is 46.0. The van der Waals surface area contributed by atoms with Crippen LogP contribution in [0.5, 0.6) is 0 Å². The Labute approximate surface area is 480 Å². The first-order chi connectivity index (χ1) is 41.3. The van der Waals surface area contributed by atoms with E-state index in [-0.39, 0.29) is 18.0 Å². The number of aryl methyl sites for hydroxylation is 2. The Morgan fingerprint density at radius 1 is 0.440 bits per heavy atom. The van der Waals surface area contributed by atoms with Crippen molar-refractivity contribution in [2.45, 2.75) is 45.7 Å². The van der Waals surface area contributed by atoms with Crippen LogP contribution in [0.3, 0.4) is 0 Å². The van der Waals surface area contributed by atoms with Crippen LogP contribution in [0.25, 0.3) is 138 Å². The average Bonchev–Trinajstić information content (AvgIpc) is 2.79. The van der Waals surface area contributed by atoms with Gasteiger partial charge in [0.25, 0.3) is 0 Å². The highest BCUT2D eigenvalue weighted by atomic mass is 15.0. The molecular formula is C74H48N10. The van der Waals surface area contributed by atoms with Gasteiger partial charge in [0.15, 0.2) is 0 Å². The van der Waals surface area contributed by atoms with Crippen LogP contribution in [0.4, 0.5) is 0 Å². The number of nitrogens with zero attached hydrogens (tertiary/aromatic N) is 7. The number of fused-ring (bicyclic) bond motifs is 18. The lowest BCUT2D eigenvalue weighted by Crippen LogP contribution is -2.27. The van der Waals surface area contributed by atoms with Gasteiger partial charge in [-0.2, -0.15) is 0 Å². The number of pyridine rings is 4. The molecule has 19 rings (SSSR count). The topological polar surface area (TPSA) is 133 Å². The number of aromatic amines is 2. The third-order valence-corrected chi connectivity index (χ3v) is 19.1. The van der Waals surface area contributed by atoms with Gasteiger partial charge in [0.2, 0.25) is 0 Å². The molecule has 4 aliphatic heterocycles. The summed E-state index contributed by atoms with van der Waals surface area (Å²) in [5.74, 6) is -0.0672. The third-order valence-electron chi connectivity index (χ3n) is 19.1. The molecule has 10 heteroatoms. The van der Waals surface area contributed by atoms with Gasteiger partial charge in [0.05, 0.1) is 107 Å². The lowest BCUT2D eigenvalue weighted by molar-refractivity contribution is 0.690. The molecule has 84 heavy (non-hydrogen) atoms. The van der Waals surface area contributed by atoms with Gasteiger partial charge in [-0.15, -0.1) is 0 Å². The van der Waals surface area contributed by atoms with Gasteiger partial charge < -0.3 is 15.3 Å². The Hall–Kier alpha value is -10.7. The zero-order valence-electron chi connectivity index (χ0n) is 46.2. The number of rotatable bonds is 2. The fraction of sp³-hybridized carbons (Fsp3) is 0.0946. The summed E-state index contributed by atoms with van der Waals surface area (Å²) < 4.78 is 0. The summed E-state index contributed by atoms with van der Waals surface area (Å²) in [4.78, 5) is 48.0. The molecule has 16 bridgehead atoms. The van der Waals surface area contributed by atoms with Gasteiger partial charge in [-0.1, -0.05) is 133 Å². The Balaban J connectivity index is 0.905. The molecule has 3 atom stereocenters. The molecule has 7 aromatic heterocycles. The Kier molecular flexibility index (Phi) is 9.02. The first-order valence-electron chi connectivity index (χ1n) is 28.9. The quantitative estimate of drug-likeness (QED) is 0.116. The lowest BCUT2D eigenvalue weighted by atomic mass is 9.84. The molecule has 0 saturated carbocycles. The van der Waals surface area contributed by atoms with Gasteiger partial charge >= 0.3 is 0 Å². The zero-order chi connectivity index (χ0) is 55.4. The van der Waals surface area contributed by atoms with Crippen molar-refractivity contribution in [2.75, 3.05) is 0 Å². The largest absolute Gasteiger partial charge is 0.373 e. The maximum Gasteiger partial charge on any atom is 0.0996 e. The van der Waals surface area contributed by atoms with E-state index in [0.717, 1.165) is 171 Å². The summed E-state index contributed by atoms with van der Waals surface area (Å²) >= 11 is 0. The summed E-state index contributed by atoms with van der Waals surface area (Å²) in [7, 11) is 0. The number of H-pyrrole nitrogens is 2. The van der Waals surface area contributed by atoms with E-state index in [0.29, 0.717) is 0 Å². The van der Waals surface area contributed by atoms with Crippen LogP contribution in [0.1, 0.15) is 59.1 Å². The van der Waals surface area contributed by atoms with Gasteiger partial charge in [-0.05, 0) is 115 Å². The summed E-state index contributed by atoms with van der Waals surface area (Å²) in [6.07, 6.45) is 6.62. The van der Waals surface area contributed by atoms with Crippen molar-refractivity contribution >= 4 is 104 Å². The maximum atomic E-state index is 5.78. The van der Waals surface area contributed by atoms with E-state index in [1.54, 1.807) is 0 Å². The highest BCUT2D eigenvalue weighted by Crippen LogP contribution is 2.47. The predicted molar refractivity (Wildman–Crippen MR) is 339 cm³/mol. The number of hydrogen-bond donors (Lipinski definition) is 3. The second-order valence-electron chi connectivity index (χ2n) is 23.3. The van der Waals surface area contributed by atoms with Crippen molar-refractivity contribution in [3.8, 4) is 33.8 Å². The molecule has 3 unspecified atom stereocenters. The van der Waals surface area contributed by atoms with Crippen molar-refractivity contribution in [3.63, 3.8) is 0 Å². The van der Waals surface area contributed by atoms with Crippen molar-refractivity contribution in [3.05, 3.63) is 249 Å².